The van der Waals surface area contributed by atoms with Crippen LogP contribution in [0.15, 0.2) is 117 Å². The highest BCUT2D eigenvalue weighted by Gasteiger charge is 2.32. The van der Waals surface area contributed by atoms with Gasteiger partial charge in [0.25, 0.3) is 11.5 Å². The molecular weight excluding hydrogens is 702 g/mol. The molecule has 2 heterocycles. The summed E-state index contributed by atoms with van der Waals surface area (Å²) in [5, 5.41) is 3.62. The van der Waals surface area contributed by atoms with E-state index in [-0.39, 0.29) is 11.5 Å². The first-order valence-electron chi connectivity index (χ1n) is 14.5. The molecule has 0 fully saturated rings. The summed E-state index contributed by atoms with van der Waals surface area (Å²) in [6, 6.07) is 26.9. The fourth-order valence-corrected chi connectivity index (χ4v) is 7.03. The summed E-state index contributed by atoms with van der Waals surface area (Å²) < 4.78 is 19.8. The number of anilines is 1. The molecule has 1 aromatic heterocycles. The van der Waals surface area contributed by atoms with Crippen LogP contribution in [-0.2, 0) is 11.4 Å². The molecule has 1 atom stereocenters. The van der Waals surface area contributed by atoms with Crippen LogP contribution in [0.2, 0.25) is 5.02 Å². The van der Waals surface area contributed by atoms with Crippen molar-refractivity contribution in [2.75, 3.05) is 19.5 Å². The molecule has 6 rings (SSSR count). The second kappa shape index (κ2) is 14.0. The number of nitrogens with one attached hydrogen (secondary N) is 1. The molecule has 0 radical (unpaired) electrons. The van der Waals surface area contributed by atoms with Gasteiger partial charge >= 0.3 is 0 Å². The molecule has 0 aliphatic carbocycles. The lowest BCUT2D eigenvalue weighted by Gasteiger charge is -2.25. The lowest BCUT2D eigenvalue weighted by atomic mass is 9.95. The lowest BCUT2D eigenvalue weighted by molar-refractivity contribution is -0.113. The first-order chi connectivity index (χ1) is 22.7. The molecule has 1 amide bonds. The topological polar surface area (TPSA) is 91.2 Å². The molecular formula is C36H29BrClN3O5S. The molecule has 11 heteroatoms. The Labute approximate surface area is 288 Å². The normalized spacial score (nSPS) is 14.3. The van der Waals surface area contributed by atoms with Gasteiger partial charge in [-0.25, -0.2) is 4.99 Å². The number of nitrogens with zero attached hydrogens (tertiary/aromatic N) is 2. The van der Waals surface area contributed by atoms with Gasteiger partial charge in [-0.2, -0.15) is 0 Å². The van der Waals surface area contributed by atoms with Crippen LogP contribution in [0.1, 0.15) is 29.7 Å². The van der Waals surface area contributed by atoms with Gasteiger partial charge in [-0.3, -0.25) is 14.2 Å². The summed E-state index contributed by atoms with van der Waals surface area (Å²) in [5.74, 6) is 1.36. The third kappa shape index (κ3) is 6.90. The Morgan fingerprint density at radius 2 is 1.74 bits per heavy atom. The van der Waals surface area contributed by atoms with Crippen LogP contribution in [0, 0.1) is 0 Å². The second-order valence-electron chi connectivity index (χ2n) is 10.6. The van der Waals surface area contributed by atoms with Crippen molar-refractivity contribution < 1.29 is 19.0 Å². The van der Waals surface area contributed by atoms with Crippen molar-refractivity contribution >= 4 is 56.5 Å². The number of fused-ring (bicyclic) bond motifs is 1. The Morgan fingerprint density at radius 3 is 2.43 bits per heavy atom. The number of rotatable bonds is 9. The molecule has 8 nitrogen and oxygen atoms in total. The quantitative estimate of drug-likeness (QED) is 0.179. The number of halogens is 2. The van der Waals surface area contributed by atoms with Gasteiger partial charge in [-0.05, 0) is 94.2 Å². The van der Waals surface area contributed by atoms with Crippen molar-refractivity contribution in [1.82, 2.24) is 4.57 Å². The molecule has 1 aliphatic heterocycles. The zero-order chi connectivity index (χ0) is 33.1. The Balaban J connectivity index is 1.40. The fourth-order valence-electron chi connectivity index (χ4n) is 5.28. The maximum atomic E-state index is 14.2. The van der Waals surface area contributed by atoms with Crippen molar-refractivity contribution in [3.05, 3.63) is 148 Å². The molecule has 238 valence electrons. The number of thiazole rings is 1. The van der Waals surface area contributed by atoms with Crippen molar-refractivity contribution in [2.24, 2.45) is 4.99 Å². The van der Waals surface area contributed by atoms with Gasteiger partial charge in [-0.1, -0.05) is 65.4 Å². The molecule has 0 unspecified atom stereocenters. The Hall–Kier alpha value is -4.64. The van der Waals surface area contributed by atoms with E-state index in [4.69, 9.17) is 30.8 Å². The van der Waals surface area contributed by atoms with E-state index in [1.807, 2.05) is 91.0 Å². The van der Waals surface area contributed by atoms with Gasteiger partial charge in [0, 0.05) is 10.7 Å². The maximum Gasteiger partial charge on any atom is 0.271 e. The molecule has 1 aliphatic rings. The maximum absolute atomic E-state index is 14.2. The highest BCUT2D eigenvalue weighted by molar-refractivity contribution is 9.10. The molecule has 1 N–H and O–H groups in total. The third-order valence-corrected chi connectivity index (χ3v) is 9.40. The minimum absolute atomic E-state index is 0.273. The van der Waals surface area contributed by atoms with E-state index in [0.717, 1.165) is 16.7 Å². The highest BCUT2D eigenvalue weighted by atomic mass is 79.9. The molecule has 0 bridgehead atoms. The summed E-state index contributed by atoms with van der Waals surface area (Å²) in [5.41, 5.74) is 3.69. The SMILES string of the molecule is COc1ccc([C@H]2C(C(=O)Nc3ccccc3)=C(C)N=c3s/c(=C/c4cc(Br)c(OCc5ccc(Cl)cc5)c(OC)c4)c(=O)n32)cc1. The number of methoxy groups -OCH3 is 2. The fraction of sp³-hybridized carbons (Fsp3) is 0.139. The summed E-state index contributed by atoms with van der Waals surface area (Å²) >= 11 is 10.9. The summed E-state index contributed by atoms with van der Waals surface area (Å²) in [7, 11) is 3.15. The molecule has 0 spiro atoms. The molecule has 4 aromatic carbocycles. The van der Waals surface area contributed by atoms with Crippen LogP contribution in [0.3, 0.4) is 0 Å². The van der Waals surface area contributed by atoms with E-state index in [0.29, 0.717) is 59.6 Å². The van der Waals surface area contributed by atoms with Gasteiger partial charge in [0.2, 0.25) is 0 Å². The number of carbonyl (C=O) groups is 1. The Bertz CT molecular complexity index is 2160. The minimum atomic E-state index is -0.715. The largest absolute Gasteiger partial charge is 0.497 e. The standard InChI is InChI=1S/C36H29BrClN3O5S/c1-21-31(34(42)40-26-7-5-4-6-8-26)32(24-11-15-27(44-2)16-12-24)41-35(43)30(47-36(41)39-21)19-23-17-28(37)33(29(18-23)45-3)46-20-22-9-13-25(38)14-10-22/h4-19,32H,20H2,1-3H3,(H,40,42)/b30-19+/t32-/m0/s1. The van der Waals surface area contributed by atoms with Gasteiger partial charge in [-0.15, -0.1) is 0 Å². The van der Waals surface area contributed by atoms with Gasteiger partial charge in [0.1, 0.15) is 12.4 Å². The number of allylic oxidation sites excluding steroid dienone is 1. The zero-order valence-electron chi connectivity index (χ0n) is 25.6. The lowest BCUT2D eigenvalue weighted by Crippen LogP contribution is -2.40. The molecule has 5 aromatic rings. The van der Waals surface area contributed by atoms with E-state index < -0.39 is 6.04 Å². The van der Waals surface area contributed by atoms with Gasteiger partial charge in [0.15, 0.2) is 16.3 Å². The monoisotopic (exact) mass is 729 g/mol. The van der Waals surface area contributed by atoms with Gasteiger partial charge < -0.3 is 19.5 Å². The number of carbonyl (C=O) groups excluding carboxylic acids is 1. The van der Waals surface area contributed by atoms with Crippen LogP contribution in [-0.4, -0.2) is 24.7 Å². The van der Waals surface area contributed by atoms with Crippen LogP contribution in [0.25, 0.3) is 6.08 Å². The predicted octanol–water partition coefficient (Wildman–Crippen LogP) is 6.89. The number of para-hydroxylation sites is 1. The average molecular weight is 731 g/mol. The summed E-state index contributed by atoms with van der Waals surface area (Å²) in [4.78, 5) is 33.2. The summed E-state index contributed by atoms with van der Waals surface area (Å²) in [6.45, 7) is 2.10. The van der Waals surface area contributed by atoms with Crippen LogP contribution < -0.4 is 34.4 Å². The second-order valence-corrected chi connectivity index (χ2v) is 12.9. The number of ether oxygens (including phenoxy) is 3. The van der Waals surface area contributed by atoms with Gasteiger partial charge in [0.05, 0.1) is 40.5 Å². The predicted molar refractivity (Wildman–Crippen MR) is 188 cm³/mol. The van der Waals surface area contributed by atoms with Crippen LogP contribution in [0.4, 0.5) is 5.69 Å². The number of hydrogen-bond donors (Lipinski definition) is 1. The first kappa shape index (κ1) is 32.3. The smallest absolute Gasteiger partial charge is 0.271 e. The molecule has 0 saturated heterocycles. The van der Waals surface area contributed by atoms with Crippen LogP contribution >= 0.6 is 38.9 Å². The van der Waals surface area contributed by atoms with Crippen molar-refractivity contribution in [3.63, 3.8) is 0 Å². The minimum Gasteiger partial charge on any atom is -0.497 e. The molecule has 47 heavy (non-hydrogen) atoms. The number of hydrogen-bond acceptors (Lipinski definition) is 7. The Morgan fingerprint density at radius 1 is 1.02 bits per heavy atom. The molecule has 0 saturated carbocycles. The van der Waals surface area contributed by atoms with E-state index >= 15 is 0 Å². The van der Waals surface area contributed by atoms with E-state index in [2.05, 4.69) is 21.2 Å². The number of benzene rings is 4. The average Bonchev–Trinajstić information content (AvgIpc) is 3.38. The number of aromatic nitrogens is 1. The van der Waals surface area contributed by atoms with Crippen molar-refractivity contribution in [2.45, 2.75) is 19.6 Å². The van der Waals surface area contributed by atoms with Crippen molar-refractivity contribution in [3.8, 4) is 17.2 Å². The highest BCUT2D eigenvalue weighted by Crippen LogP contribution is 2.38. The van der Waals surface area contributed by atoms with Crippen LogP contribution in [0.5, 0.6) is 17.2 Å². The van der Waals surface area contributed by atoms with E-state index in [1.54, 1.807) is 31.8 Å². The van der Waals surface area contributed by atoms with Crippen molar-refractivity contribution in [1.29, 1.82) is 0 Å². The first-order valence-corrected chi connectivity index (χ1v) is 16.5. The van der Waals surface area contributed by atoms with E-state index in [1.165, 1.54) is 11.3 Å². The third-order valence-electron chi connectivity index (χ3n) is 7.58. The zero-order valence-corrected chi connectivity index (χ0v) is 28.8. The number of amides is 1. The van der Waals surface area contributed by atoms with E-state index in [9.17, 15) is 9.59 Å². The Kier molecular flexibility index (Phi) is 9.63. The summed E-state index contributed by atoms with van der Waals surface area (Å²) in [6.07, 6.45) is 1.79.